The molecule has 2 aliphatic carbocycles. The van der Waals surface area contributed by atoms with Gasteiger partial charge in [0.25, 0.3) is 0 Å². The molecular weight excluding hydrogens is 632 g/mol. The Morgan fingerprint density at radius 1 is 0.541 bits per heavy atom. The van der Waals surface area contributed by atoms with Crippen LogP contribution >= 0.6 is 0 Å². The Bertz CT molecular complexity index is 1270. The molecular formula is C30H26Br2O4Ti. The quantitative estimate of drug-likeness (QED) is 0.200. The molecule has 7 heteroatoms. The van der Waals surface area contributed by atoms with Crippen molar-refractivity contribution in [1.29, 1.82) is 0 Å². The summed E-state index contributed by atoms with van der Waals surface area (Å²) >= 11 is 0. The van der Waals surface area contributed by atoms with Gasteiger partial charge >= 0.3 is 21.7 Å². The van der Waals surface area contributed by atoms with E-state index >= 15 is 0 Å². The van der Waals surface area contributed by atoms with E-state index in [0.717, 1.165) is 24.3 Å². The summed E-state index contributed by atoms with van der Waals surface area (Å²) in [6.45, 7) is 0. The summed E-state index contributed by atoms with van der Waals surface area (Å²) in [5.41, 5.74) is 10.0. The summed E-state index contributed by atoms with van der Waals surface area (Å²) in [5, 5.41) is 0. The van der Waals surface area contributed by atoms with Crippen molar-refractivity contribution in [1.82, 2.24) is 0 Å². The van der Waals surface area contributed by atoms with Crippen molar-refractivity contribution < 1.29 is 74.6 Å². The van der Waals surface area contributed by atoms with Crippen molar-refractivity contribution >= 4 is 0 Å². The Morgan fingerprint density at radius 2 is 0.919 bits per heavy atom. The van der Waals surface area contributed by atoms with Gasteiger partial charge < -0.3 is 52.9 Å². The van der Waals surface area contributed by atoms with E-state index in [1.54, 1.807) is 28.4 Å². The van der Waals surface area contributed by atoms with Crippen LogP contribution in [0.2, 0.25) is 0 Å². The maximum Gasteiger partial charge on any atom is 4.00 e. The molecule has 4 aromatic rings. The number of halogens is 2. The topological polar surface area (TPSA) is 36.9 Å². The molecule has 0 atom stereocenters. The zero-order chi connectivity index (χ0) is 23.7. The van der Waals surface area contributed by atoms with Gasteiger partial charge in [-0.2, -0.15) is 0 Å². The standard InChI is InChI=1S/2C15H13O2.2BrH.Ti/c2*1-16-14-8-11-7-10-5-3-4-6-12(10)13(11)9-15(14)17-2;;;/h2*3-6,9H,7H2,1-2H3;2*1H;/q2*-1;;;+4/p-2. The molecule has 37 heavy (non-hydrogen) atoms. The molecule has 0 bridgehead atoms. The molecule has 188 valence electrons. The van der Waals surface area contributed by atoms with Crippen LogP contribution in [0.25, 0.3) is 22.3 Å². The predicted octanol–water partition coefficient (Wildman–Crippen LogP) is 0.156. The number of rotatable bonds is 4. The minimum atomic E-state index is 0. The smallest absolute Gasteiger partial charge is 1.00 e. The fourth-order valence-electron chi connectivity index (χ4n) is 4.72. The summed E-state index contributed by atoms with van der Waals surface area (Å²) in [7, 11) is 6.59. The second-order valence-electron chi connectivity index (χ2n) is 8.19. The molecule has 0 aliphatic heterocycles. The number of methoxy groups -OCH3 is 4. The summed E-state index contributed by atoms with van der Waals surface area (Å²) in [4.78, 5) is 0. The molecule has 0 fully saturated rings. The summed E-state index contributed by atoms with van der Waals surface area (Å²) in [6.07, 6.45) is 1.84. The predicted molar refractivity (Wildman–Crippen MR) is 133 cm³/mol. The van der Waals surface area contributed by atoms with Crippen LogP contribution in [0, 0.1) is 12.1 Å². The average molecular weight is 658 g/mol. The summed E-state index contributed by atoms with van der Waals surface area (Å²) in [5.74, 6) is 2.84. The van der Waals surface area contributed by atoms with Gasteiger partial charge in [0.2, 0.25) is 0 Å². The minimum Gasteiger partial charge on any atom is -1.00 e. The van der Waals surface area contributed by atoms with E-state index in [2.05, 4.69) is 60.7 Å². The molecule has 0 N–H and O–H groups in total. The van der Waals surface area contributed by atoms with Crippen LogP contribution in [0.1, 0.15) is 22.3 Å². The van der Waals surface area contributed by atoms with Crippen LogP contribution in [0.15, 0.2) is 60.7 Å². The first-order valence-electron chi connectivity index (χ1n) is 11.2. The van der Waals surface area contributed by atoms with Crippen LogP contribution in [0.5, 0.6) is 23.0 Å². The van der Waals surface area contributed by atoms with Gasteiger partial charge in [0.15, 0.2) is 0 Å². The van der Waals surface area contributed by atoms with E-state index in [4.69, 9.17) is 18.9 Å². The van der Waals surface area contributed by atoms with Crippen LogP contribution in [0.3, 0.4) is 0 Å². The van der Waals surface area contributed by atoms with Crippen LogP contribution in [-0.2, 0) is 34.6 Å². The Kier molecular flexibility index (Phi) is 11.3. The van der Waals surface area contributed by atoms with Crippen molar-refractivity contribution in [3.8, 4) is 45.3 Å². The third kappa shape index (κ3) is 5.93. The van der Waals surface area contributed by atoms with Gasteiger partial charge in [-0.3, -0.25) is 0 Å². The van der Waals surface area contributed by atoms with E-state index in [9.17, 15) is 0 Å². The van der Waals surface area contributed by atoms with Gasteiger partial charge in [-0.25, -0.2) is 0 Å². The Labute approximate surface area is 254 Å². The van der Waals surface area contributed by atoms with E-state index < -0.39 is 0 Å². The minimum absolute atomic E-state index is 0. The monoisotopic (exact) mass is 656 g/mol. The van der Waals surface area contributed by atoms with Crippen molar-refractivity contribution in [3.05, 3.63) is 95.1 Å². The van der Waals surface area contributed by atoms with Crippen LogP contribution < -0.4 is 52.9 Å². The normalized spacial score (nSPS) is 10.9. The SMILES string of the molecule is COc1[c-]c2c(cc1OC)-c1ccccc1C2.COc1[c-]c2c(cc1OC)-c1ccccc1C2.[Br-].[Br-].[Ti+4]. The second kappa shape index (κ2) is 13.5. The molecule has 0 heterocycles. The fraction of sp³-hybridized carbons (Fsp3) is 0.200. The molecule has 2 aliphatic rings. The zero-order valence-corrected chi connectivity index (χ0v) is 25.8. The molecule has 4 nitrogen and oxygen atoms in total. The number of fused-ring (bicyclic) bond motifs is 6. The van der Waals surface area contributed by atoms with Gasteiger partial charge in [-0.1, -0.05) is 70.8 Å². The van der Waals surface area contributed by atoms with E-state index in [0.29, 0.717) is 11.5 Å². The molecule has 4 aromatic carbocycles. The second-order valence-corrected chi connectivity index (χ2v) is 8.19. The largest absolute Gasteiger partial charge is 4.00 e. The first-order valence-corrected chi connectivity index (χ1v) is 11.2. The van der Waals surface area contributed by atoms with Gasteiger partial charge in [-0.15, -0.1) is 46.5 Å². The molecule has 0 aromatic heterocycles. The maximum atomic E-state index is 5.32. The summed E-state index contributed by atoms with van der Waals surface area (Å²) in [6, 6.07) is 27.5. The number of hydrogen-bond donors (Lipinski definition) is 0. The van der Waals surface area contributed by atoms with E-state index in [1.807, 2.05) is 12.1 Å². The molecule has 0 unspecified atom stereocenters. The van der Waals surface area contributed by atoms with Crippen molar-refractivity contribution in [3.63, 3.8) is 0 Å². The Hall–Kier alpha value is -2.25. The average Bonchev–Trinajstić information content (AvgIpc) is 3.44. The van der Waals surface area contributed by atoms with Crippen molar-refractivity contribution in [2.75, 3.05) is 28.4 Å². The maximum absolute atomic E-state index is 5.32. The third-order valence-corrected chi connectivity index (χ3v) is 6.38. The van der Waals surface area contributed by atoms with Gasteiger partial charge in [0.05, 0.1) is 28.4 Å². The van der Waals surface area contributed by atoms with Gasteiger partial charge in [0.1, 0.15) is 0 Å². The first kappa shape index (κ1) is 31.0. The van der Waals surface area contributed by atoms with Crippen molar-refractivity contribution in [2.24, 2.45) is 0 Å². The summed E-state index contributed by atoms with van der Waals surface area (Å²) < 4.78 is 21.2. The van der Waals surface area contributed by atoms with Crippen LogP contribution in [0.4, 0.5) is 0 Å². The molecule has 0 saturated heterocycles. The fourth-order valence-corrected chi connectivity index (χ4v) is 4.72. The molecule has 0 spiro atoms. The molecule has 0 radical (unpaired) electrons. The van der Waals surface area contributed by atoms with E-state index in [-0.39, 0.29) is 55.7 Å². The van der Waals surface area contributed by atoms with Gasteiger partial charge in [0, 0.05) is 23.0 Å². The number of ether oxygens (including phenoxy) is 4. The third-order valence-electron chi connectivity index (χ3n) is 6.38. The van der Waals surface area contributed by atoms with E-state index in [1.165, 1.54) is 44.5 Å². The number of benzene rings is 4. The molecule has 0 saturated carbocycles. The van der Waals surface area contributed by atoms with Crippen LogP contribution in [-0.4, -0.2) is 28.4 Å². The Balaban J connectivity index is 0.000000241. The molecule has 6 rings (SSSR count). The van der Waals surface area contributed by atoms with Crippen molar-refractivity contribution in [2.45, 2.75) is 12.8 Å². The zero-order valence-electron chi connectivity index (χ0n) is 21.1. The first-order chi connectivity index (χ1) is 16.7. The Morgan fingerprint density at radius 3 is 1.27 bits per heavy atom. The van der Waals surface area contributed by atoms with Gasteiger partial charge in [-0.05, 0) is 12.8 Å². The number of hydrogen-bond acceptors (Lipinski definition) is 4. The molecule has 0 amide bonds.